The van der Waals surface area contributed by atoms with Crippen molar-refractivity contribution in [3.8, 4) is 89.0 Å². The van der Waals surface area contributed by atoms with E-state index in [4.69, 9.17) is 0 Å². The monoisotopic (exact) mass is 1990 g/mol. The van der Waals surface area contributed by atoms with Crippen LogP contribution in [-0.4, -0.2) is 0 Å². The molecule has 0 fully saturated rings. The molecule has 0 saturated heterocycles. The molecule has 0 heterocycles. The lowest BCUT2D eigenvalue weighted by atomic mass is 9.83. The predicted molar refractivity (Wildman–Crippen MR) is 643 cm³/mol. The Kier molecular flexibility index (Phi) is 22.8. The SMILES string of the molecule is O=P(c1ccccc1)(c1ccccc1)c1ccc(-c2ccc3c(-c4ccc5cc6cc(-c7ccc8cc(-c9c%10ccc(-c%11ccc(P(=O)(c%12ccccc%12)c%12ccccc%12)cc%11)cc%10c(-c%10ccc%11cc%12ccccc%12cc%11c%10)c%10ccc(P(=O)(c%11ccccc%11)c%11ccccc%11)cc9%10)ccc8c7)ccc6cc5c4)c4cc(-c5ccc(P(=O)(c6ccccc6)c6ccccc6)cc5)ccc4c(-c4ccc5ccccc5c4)c3c2)cc1. The minimum Gasteiger partial charge on any atom is -0.309 e. The highest BCUT2D eigenvalue weighted by atomic mass is 31.2. The Hall–Kier alpha value is -17.5. The van der Waals surface area contributed by atoms with Gasteiger partial charge in [-0.25, -0.2) is 0 Å². The van der Waals surface area contributed by atoms with Gasteiger partial charge in [0.25, 0.3) is 0 Å². The van der Waals surface area contributed by atoms with Gasteiger partial charge in [-0.3, -0.25) is 0 Å². The van der Waals surface area contributed by atoms with Gasteiger partial charge in [0.05, 0.1) is 0 Å². The standard InChI is InChI=1S/C142H94O4P4/c143-147(119-33-9-1-10-34-119,120-35-11-2-12-36-120)127-70-61-96(62-71-127)109-68-78-132-135(91-109)139(112-57-49-95-29-25-26-30-99(95)83-112)131-77-67-110(97-63-72-128(73-64-97)148(144,121-37-13-3-14-38-121)122-39-15-4-16-40-122)92-136(131)140(132)114-60-56-108-87-116-86-105(52-53-107(116)88-118(108)90-114)102-50-51-104-84-113(58-54-103(104)82-102)142-133-79-69-111(98-65-74-129(75-66-98)149(145,123-41-17-5-18-42-123)124-43-19-6-20-44-124)93-137(133)141(115-59-55-106-81-100-31-27-28-32-101(100)85-117(106)89-115)134-80-76-130(94-138(134)142)150(146,125-45-21-7-22-46-125)126-47-23-8-24-48-126/h1-94H. The maximum atomic E-state index is 16.9. The maximum Gasteiger partial charge on any atom is 0.171 e. The van der Waals surface area contributed by atoms with Crippen LogP contribution in [0.25, 0.3) is 197 Å². The summed E-state index contributed by atoms with van der Waals surface area (Å²) in [5.74, 6) is 0. The molecule has 0 aliphatic rings. The van der Waals surface area contributed by atoms with E-state index in [9.17, 15) is 0 Å². The third kappa shape index (κ3) is 15.8. The third-order valence-corrected chi connectivity index (χ3v) is 43.1. The molecule has 0 aliphatic carbocycles. The first-order valence-electron chi connectivity index (χ1n) is 51.0. The Morgan fingerprint density at radius 1 is 0.0933 bits per heavy atom. The first-order valence-corrected chi connectivity index (χ1v) is 57.8. The topological polar surface area (TPSA) is 68.3 Å². The smallest absolute Gasteiger partial charge is 0.171 e. The van der Waals surface area contributed by atoms with Crippen molar-refractivity contribution in [1.29, 1.82) is 0 Å². The van der Waals surface area contributed by atoms with Crippen LogP contribution in [-0.2, 0) is 18.3 Å². The summed E-state index contributed by atoms with van der Waals surface area (Å²) in [5, 5.41) is 31.4. The highest BCUT2D eigenvalue weighted by Crippen LogP contribution is 2.54. The number of benzene rings is 27. The van der Waals surface area contributed by atoms with Crippen molar-refractivity contribution in [1.82, 2.24) is 0 Å². The molecule has 27 aromatic rings. The Morgan fingerprint density at radius 2 is 0.253 bits per heavy atom. The molecule has 0 aliphatic heterocycles. The Labute approximate surface area is 870 Å². The molecule has 0 saturated carbocycles. The molecule has 8 heteroatoms. The fourth-order valence-electron chi connectivity index (χ4n) is 23.3. The number of rotatable bonds is 20. The van der Waals surface area contributed by atoms with Gasteiger partial charge in [0.2, 0.25) is 0 Å². The van der Waals surface area contributed by atoms with E-state index in [0.29, 0.717) is 0 Å². The summed E-state index contributed by atoms with van der Waals surface area (Å²) in [6, 6.07) is 200. The molecule has 0 bridgehead atoms. The molecule has 0 radical (unpaired) electrons. The van der Waals surface area contributed by atoms with Gasteiger partial charge >= 0.3 is 0 Å². The van der Waals surface area contributed by atoms with Gasteiger partial charge < -0.3 is 18.3 Å². The van der Waals surface area contributed by atoms with Crippen LogP contribution in [0.15, 0.2) is 570 Å². The molecule has 0 unspecified atom stereocenters. The molecular formula is C142H94O4P4. The highest BCUT2D eigenvalue weighted by Gasteiger charge is 2.36. The van der Waals surface area contributed by atoms with Crippen molar-refractivity contribution in [3.05, 3.63) is 570 Å². The summed E-state index contributed by atoms with van der Waals surface area (Å²) < 4.78 is 64.5. The minimum absolute atomic E-state index is 0.742. The van der Waals surface area contributed by atoms with Crippen molar-refractivity contribution >= 4 is 200 Å². The molecule has 706 valence electrons. The molecule has 27 rings (SSSR count). The van der Waals surface area contributed by atoms with Crippen LogP contribution < -0.4 is 63.7 Å². The van der Waals surface area contributed by atoms with Gasteiger partial charge in [-0.15, -0.1) is 0 Å². The third-order valence-electron chi connectivity index (χ3n) is 30.8. The van der Waals surface area contributed by atoms with Crippen LogP contribution in [0.1, 0.15) is 0 Å². The minimum atomic E-state index is -3.53. The second-order valence-electron chi connectivity index (χ2n) is 39.3. The highest BCUT2D eigenvalue weighted by molar-refractivity contribution is 7.86. The van der Waals surface area contributed by atoms with Crippen molar-refractivity contribution in [2.75, 3.05) is 0 Å². The Morgan fingerprint density at radius 3 is 0.540 bits per heavy atom. The molecule has 27 aromatic carbocycles. The second kappa shape index (κ2) is 37.4. The molecule has 0 aromatic heterocycles. The molecular weight excluding hydrogens is 1890 g/mol. The zero-order valence-corrected chi connectivity index (χ0v) is 85.3. The van der Waals surface area contributed by atoms with Crippen LogP contribution in [0.3, 0.4) is 0 Å². The average molecular weight is 1990 g/mol. The number of fused-ring (bicyclic) bond motifs is 10. The first-order chi connectivity index (χ1) is 73.8. The molecule has 0 amide bonds. The van der Waals surface area contributed by atoms with Crippen LogP contribution >= 0.6 is 28.6 Å². The van der Waals surface area contributed by atoms with Crippen molar-refractivity contribution in [2.24, 2.45) is 0 Å². The van der Waals surface area contributed by atoms with Gasteiger partial charge in [0.1, 0.15) is 0 Å². The zero-order valence-electron chi connectivity index (χ0n) is 81.7. The van der Waals surface area contributed by atoms with Crippen molar-refractivity contribution in [2.45, 2.75) is 0 Å². The number of hydrogen-bond donors (Lipinski definition) is 0. The van der Waals surface area contributed by atoms with Gasteiger partial charge in [0.15, 0.2) is 28.6 Å². The lowest BCUT2D eigenvalue weighted by Crippen LogP contribution is -2.25. The molecule has 4 nitrogen and oxygen atoms in total. The van der Waals surface area contributed by atoms with Gasteiger partial charge in [0, 0.05) is 63.7 Å². The fraction of sp³-hybridized carbons (Fsp3) is 0. The van der Waals surface area contributed by atoms with E-state index in [1.807, 2.05) is 243 Å². The summed E-state index contributed by atoms with van der Waals surface area (Å²) in [4.78, 5) is 0. The van der Waals surface area contributed by atoms with Crippen LogP contribution in [0.4, 0.5) is 0 Å². The van der Waals surface area contributed by atoms with E-state index in [0.717, 1.165) is 250 Å². The molecule has 0 atom stereocenters. The average Bonchev–Trinajstić information content (AvgIpc) is 0.715. The second-order valence-corrected chi connectivity index (χ2v) is 50.4. The summed E-state index contributed by atoms with van der Waals surface area (Å²) in [7, 11) is -13.4. The van der Waals surface area contributed by atoms with Crippen LogP contribution in [0, 0.1) is 0 Å². The van der Waals surface area contributed by atoms with Gasteiger partial charge in [-0.05, 0) is 282 Å². The Balaban J connectivity index is 0.595. The van der Waals surface area contributed by atoms with E-state index in [-0.39, 0.29) is 0 Å². The summed E-state index contributed by atoms with van der Waals surface area (Å²) in [6.45, 7) is 0. The first kappa shape index (κ1) is 91.2. The summed E-state index contributed by atoms with van der Waals surface area (Å²) >= 11 is 0. The van der Waals surface area contributed by atoms with E-state index in [1.54, 1.807) is 0 Å². The van der Waals surface area contributed by atoms with Crippen LogP contribution in [0.2, 0.25) is 0 Å². The lowest BCUT2D eigenvalue weighted by molar-refractivity contribution is 0.591. The summed E-state index contributed by atoms with van der Waals surface area (Å²) in [5.41, 5.74) is 16.9. The van der Waals surface area contributed by atoms with Crippen molar-refractivity contribution in [3.63, 3.8) is 0 Å². The van der Waals surface area contributed by atoms with Crippen LogP contribution in [0.5, 0.6) is 0 Å². The van der Waals surface area contributed by atoms with E-state index in [2.05, 4.69) is 328 Å². The number of hydrogen-bond acceptors (Lipinski definition) is 4. The Bertz CT molecular complexity index is 10100. The van der Waals surface area contributed by atoms with Gasteiger partial charge in [-0.1, -0.05) is 485 Å². The van der Waals surface area contributed by atoms with E-state index >= 15 is 18.3 Å². The summed E-state index contributed by atoms with van der Waals surface area (Å²) in [6.07, 6.45) is 0. The fourth-order valence-corrected chi connectivity index (χ4v) is 33.9. The van der Waals surface area contributed by atoms with Crippen molar-refractivity contribution < 1.29 is 18.3 Å². The molecule has 150 heavy (non-hydrogen) atoms. The zero-order chi connectivity index (χ0) is 100. The van der Waals surface area contributed by atoms with E-state index in [1.165, 1.54) is 10.8 Å². The van der Waals surface area contributed by atoms with E-state index < -0.39 is 28.6 Å². The van der Waals surface area contributed by atoms with Gasteiger partial charge in [-0.2, -0.15) is 0 Å². The maximum absolute atomic E-state index is 16.9. The normalized spacial score (nSPS) is 12.1. The molecule has 0 N–H and O–H groups in total. The lowest BCUT2D eigenvalue weighted by Gasteiger charge is -2.23. The quantitative estimate of drug-likeness (QED) is 0.0563. The molecule has 0 spiro atoms. The predicted octanol–water partition coefficient (Wildman–Crippen LogP) is 33.1. The largest absolute Gasteiger partial charge is 0.309 e.